The number of sulfonamides is 1. The van der Waals surface area contributed by atoms with Gasteiger partial charge in [0.2, 0.25) is 5.91 Å². The van der Waals surface area contributed by atoms with Crippen LogP contribution in [0.1, 0.15) is 28.2 Å². The molecule has 0 aliphatic carbocycles. The summed E-state index contributed by atoms with van der Waals surface area (Å²) < 4.78 is 30.9. The maximum absolute atomic E-state index is 14.1. The van der Waals surface area contributed by atoms with Crippen LogP contribution in [0.3, 0.4) is 0 Å². The second-order valence-electron chi connectivity index (χ2n) is 11.2. The average molecular weight is 608 g/mol. The number of rotatable bonds is 5. The average Bonchev–Trinajstić information content (AvgIpc) is 3.57. The Balaban J connectivity index is 1.26. The summed E-state index contributed by atoms with van der Waals surface area (Å²) in [5.74, 6) is -0.611. The van der Waals surface area contributed by atoms with E-state index < -0.39 is 15.9 Å². The van der Waals surface area contributed by atoms with Gasteiger partial charge in [0.05, 0.1) is 5.92 Å². The molecule has 1 amide bonds. The predicted octanol–water partition coefficient (Wildman–Crippen LogP) is 6.23. The fourth-order valence-corrected chi connectivity index (χ4v) is 9.79. The molecular weight excluding hydrogens is 574 g/mol. The van der Waals surface area contributed by atoms with Crippen molar-refractivity contribution >= 4 is 54.6 Å². The van der Waals surface area contributed by atoms with Gasteiger partial charge in [-0.2, -0.15) is 4.31 Å². The van der Waals surface area contributed by atoms with E-state index in [9.17, 15) is 13.2 Å². The normalized spacial score (nSPS) is 20.2. The van der Waals surface area contributed by atoms with Gasteiger partial charge in [0.25, 0.3) is 10.0 Å². The zero-order chi connectivity index (χ0) is 28.9. The lowest BCUT2D eigenvalue weighted by Crippen LogP contribution is -2.51. The maximum atomic E-state index is 14.1. The molecule has 4 aromatic rings. The van der Waals surface area contributed by atoms with Gasteiger partial charge in [0.1, 0.15) is 4.21 Å². The number of halogens is 1. The van der Waals surface area contributed by atoms with Crippen LogP contribution >= 0.6 is 22.9 Å². The number of hydrogen-bond acceptors (Lipinski definition) is 5. The third-order valence-corrected chi connectivity index (χ3v) is 12.5. The van der Waals surface area contributed by atoms with E-state index in [1.54, 1.807) is 6.07 Å². The number of hydrogen-bond donors (Lipinski definition) is 0. The molecule has 2 unspecified atom stereocenters. The third-order valence-electron chi connectivity index (χ3n) is 8.56. The Hall–Kier alpha value is -2.91. The van der Waals surface area contributed by atoms with Crippen LogP contribution in [0.4, 0.5) is 5.69 Å². The van der Waals surface area contributed by atoms with Crippen LogP contribution < -0.4 is 4.90 Å². The lowest BCUT2D eigenvalue weighted by atomic mass is 9.88. The van der Waals surface area contributed by atoms with Crippen molar-refractivity contribution in [2.45, 2.75) is 30.9 Å². The predicted molar refractivity (Wildman–Crippen MR) is 168 cm³/mol. The molecular formula is C32H34ClN3O3S2. The van der Waals surface area contributed by atoms with Crippen LogP contribution in [-0.4, -0.2) is 62.8 Å². The Kier molecular flexibility index (Phi) is 7.61. The standard InChI is InChI=1S/C32H34ClN3O3S2/c1-21-9-10-22(2)29(17-21)34-13-15-35(16-14-34)31(37)28-20-36(19-27(28)24-7-5-4-6-8-24)41(38,39)32-23(3)26-18-25(33)11-12-30(26)40-32/h4-12,17-18,27-28H,13-16,19-20H2,1-3H3. The first-order valence-corrected chi connectivity index (χ1v) is 16.6. The van der Waals surface area contributed by atoms with E-state index in [0.717, 1.165) is 28.7 Å². The van der Waals surface area contributed by atoms with Crippen molar-refractivity contribution in [2.75, 3.05) is 44.2 Å². The molecule has 41 heavy (non-hydrogen) atoms. The SMILES string of the molecule is Cc1ccc(C)c(N2CCN(C(=O)C3CN(S(=O)(=O)c4sc5ccc(Cl)cc5c4C)CC3c3ccccc3)CC2)c1. The molecule has 2 aliphatic heterocycles. The molecule has 1 aromatic heterocycles. The van der Waals surface area contributed by atoms with Crippen molar-refractivity contribution in [3.05, 3.63) is 94.0 Å². The van der Waals surface area contributed by atoms with Crippen molar-refractivity contribution in [3.63, 3.8) is 0 Å². The number of anilines is 1. The molecule has 6 nitrogen and oxygen atoms in total. The van der Waals surface area contributed by atoms with Crippen molar-refractivity contribution < 1.29 is 13.2 Å². The van der Waals surface area contributed by atoms with Gasteiger partial charge in [-0.05, 0) is 72.7 Å². The lowest BCUT2D eigenvalue weighted by molar-refractivity contribution is -0.135. The summed E-state index contributed by atoms with van der Waals surface area (Å²) in [6.45, 7) is 9.25. The monoisotopic (exact) mass is 607 g/mol. The zero-order valence-electron chi connectivity index (χ0n) is 23.5. The van der Waals surface area contributed by atoms with Gasteiger partial charge >= 0.3 is 0 Å². The number of benzene rings is 3. The molecule has 2 fully saturated rings. The molecule has 0 bridgehead atoms. The van der Waals surface area contributed by atoms with Crippen LogP contribution in [0, 0.1) is 26.7 Å². The van der Waals surface area contributed by atoms with E-state index in [4.69, 9.17) is 11.6 Å². The Labute approximate surface area is 251 Å². The van der Waals surface area contributed by atoms with Crippen LogP contribution in [0.15, 0.2) is 70.9 Å². The first-order chi connectivity index (χ1) is 19.6. The molecule has 2 saturated heterocycles. The van der Waals surface area contributed by atoms with Crippen LogP contribution in [-0.2, 0) is 14.8 Å². The quantitative estimate of drug-likeness (QED) is 0.270. The first-order valence-electron chi connectivity index (χ1n) is 14.0. The van der Waals surface area contributed by atoms with Gasteiger partial charge in [-0.1, -0.05) is 54.1 Å². The van der Waals surface area contributed by atoms with Crippen LogP contribution in [0.25, 0.3) is 10.1 Å². The molecule has 214 valence electrons. The van der Waals surface area contributed by atoms with Gasteiger partial charge in [0.15, 0.2) is 0 Å². The molecule has 0 saturated carbocycles. The number of amides is 1. The molecule has 3 aromatic carbocycles. The molecule has 3 heterocycles. The summed E-state index contributed by atoms with van der Waals surface area (Å²) in [6, 6.07) is 21.8. The number of nitrogens with zero attached hydrogens (tertiary/aromatic N) is 3. The summed E-state index contributed by atoms with van der Waals surface area (Å²) in [7, 11) is -3.81. The van der Waals surface area contributed by atoms with Crippen molar-refractivity contribution in [2.24, 2.45) is 5.92 Å². The Morgan fingerprint density at radius 3 is 2.37 bits per heavy atom. The number of carbonyl (C=O) groups is 1. The number of piperazine rings is 1. The topological polar surface area (TPSA) is 60.9 Å². The van der Waals surface area contributed by atoms with Gasteiger partial charge in [-0.25, -0.2) is 8.42 Å². The molecule has 0 radical (unpaired) electrons. The van der Waals surface area contributed by atoms with E-state index >= 15 is 0 Å². The van der Waals surface area contributed by atoms with Crippen LogP contribution in [0.5, 0.6) is 0 Å². The minimum atomic E-state index is -3.81. The van der Waals surface area contributed by atoms with Gasteiger partial charge in [-0.3, -0.25) is 4.79 Å². The van der Waals surface area contributed by atoms with E-state index in [1.165, 1.54) is 32.5 Å². The Morgan fingerprint density at radius 2 is 1.63 bits per heavy atom. The molecule has 6 rings (SSSR count). The smallest absolute Gasteiger partial charge is 0.252 e. The van der Waals surface area contributed by atoms with Crippen molar-refractivity contribution in [3.8, 4) is 0 Å². The highest BCUT2D eigenvalue weighted by Gasteiger charge is 2.46. The minimum Gasteiger partial charge on any atom is -0.368 e. The molecule has 2 atom stereocenters. The van der Waals surface area contributed by atoms with E-state index in [2.05, 4.69) is 36.9 Å². The van der Waals surface area contributed by atoms with E-state index in [1.807, 2.05) is 54.3 Å². The summed E-state index contributed by atoms with van der Waals surface area (Å²) >= 11 is 7.49. The van der Waals surface area contributed by atoms with Crippen molar-refractivity contribution in [1.82, 2.24) is 9.21 Å². The van der Waals surface area contributed by atoms with Gasteiger partial charge in [0, 0.05) is 60.6 Å². The second kappa shape index (κ2) is 11.1. The number of aryl methyl sites for hydroxylation is 3. The van der Waals surface area contributed by atoms with Gasteiger partial charge < -0.3 is 9.80 Å². The second-order valence-corrected chi connectivity index (χ2v) is 14.8. The fourth-order valence-electron chi connectivity index (χ4n) is 6.25. The van der Waals surface area contributed by atoms with E-state index in [-0.39, 0.29) is 24.9 Å². The largest absolute Gasteiger partial charge is 0.368 e. The highest BCUT2D eigenvalue weighted by atomic mass is 35.5. The molecule has 0 spiro atoms. The fraction of sp³-hybridized carbons (Fsp3) is 0.344. The summed E-state index contributed by atoms with van der Waals surface area (Å²) in [4.78, 5) is 18.4. The summed E-state index contributed by atoms with van der Waals surface area (Å²) in [5.41, 5.74) is 5.38. The third kappa shape index (κ3) is 5.27. The highest BCUT2D eigenvalue weighted by molar-refractivity contribution is 7.91. The van der Waals surface area contributed by atoms with Gasteiger partial charge in [-0.15, -0.1) is 11.3 Å². The highest BCUT2D eigenvalue weighted by Crippen LogP contribution is 2.41. The van der Waals surface area contributed by atoms with Crippen LogP contribution in [0.2, 0.25) is 5.02 Å². The lowest BCUT2D eigenvalue weighted by Gasteiger charge is -2.38. The zero-order valence-corrected chi connectivity index (χ0v) is 25.9. The summed E-state index contributed by atoms with van der Waals surface area (Å²) in [5, 5.41) is 1.44. The number of thiophene rings is 1. The molecule has 2 aliphatic rings. The minimum absolute atomic E-state index is 0.0389. The maximum Gasteiger partial charge on any atom is 0.252 e. The molecule has 9 heteroatoms. The van der Waals surface area contributed by atoms with E-state index in [0.29, 0.717) is 27.9 Å². The number of fused-ring (bicyclic) bond motifs is 1. The molecule has 0 N–H and O–H groups in total. The first kappa shape index (κ1) is 28.2. The Morgan fingerprint density at radius 1 is 0.902 bits per heavy atom. The van der Waals surface area contributed by atoms with Crippen molar-refractivity contribution in [1.29, 1.82) is 0 Å². The summed E-state index contributed by atoms with van der Waals surface area (Å²) in [6.07, 6.45) is 0. The Bertz CT molecular complexity index is 1710. The number of carbonyl (C=O) groups excluding carboxylic acids is 1.